The van der Waals surface area contributed by atoms with Crippen molar-refractivity contribution in [3.8, 4) is 0 Å². The van der Waals surface area contributed by atoms with Gasteiger partial charge in [-0.2, -0.15) is 0 Å². The van der Waals surface area contributed by atoms with Gasteiger partial charge in [0.25, 0.3) is 0 Å². The Morgan fingerprint density at radius 1 is 1.37 bits per heavy atom. The second-order valence-electron chi connectivity index (χ2n) is 3.71. The summed E-state index contributed by atoms with van der Waals surface area (Å²) >= 11 is 4.64. The van der Waals surface area contributed by atoms with Crippen molar-refractivity contribution in [2.45, 2.75) is 10.8 Å². The standard InChI is InChI=1S/C13H9BrFNO2S/c14-10-2-3-11(15)9(5-10)7-19-12-4-1-8(6-16-12)13(17)18/h1-6H,7H2,(H,17,18). The van der Waals surface area contributed by atoms with Gasteiger partial charge in [-0.05, 0) is 35.9 Å². The largest absolute Gasteiger partial charge is 0.478 e. The SMILES string of the molecule is O=C(O)c1ccc(SCc2cc(Br)ccc2F)nc1. The maximum atomic E-state index is 13.5. The topological polar surface area (TPSA) is 50.2 Å². The number of benzene rings is 1. The van der Waals surface area contributed by atoms with Gasteiger partial charge < -0.3 is 5.11 Å². The number of carboxylic acid groups (broad SMARTS) is 1. The smallest absolute Gasteiger partial charge is 0.337 e. The Labute approximate surface area is 122 Å². The minimum absolute atomic E-state index is 0.137. The number of halogens is 2. The van der Waals surface area contributed by atoms with E-state index in [1.54, 1.807) is 18.2 Å². The van der Waals surface area contributed by atoms with Crippen LogP contribution in [-0.4, -0.2) is 16.1 Å². The molecule has 0 spiro atoms. The van der Waals surface area contributed by atoms with E-state index in [4.69, 9.17) is 5.11 Å². The quantitative estimate of drug-likeness (QED) is 0.854. The van der Waals surface area contributed by atoms with Crippen molar-refractivity contribution in [2.75, 3.05) is 0 Å². The van der Waals surface area contributed by atoms with Crippen LogP contribution in [0.5, 0.6) is 0 Å². The number of carbonyl (C=O) groups is 1. The Morgan fingerprint density at radius 2 is 2.16 bits per heavy atom. The highest BCUT2D eigenvalue weighted by Crippen LogP contribution is 2.24. The summed E-state index contributed by atoms with van der Waals surface area (Å²) in [5, 5.41) is 9.41. The summed E-state index contributed by atoms with van der Waals surface area (Å²) in [5.41, 5.74) is 0.710. The van der Waals surface area contributed by atoms with Gasteiger partial charge in [0.2, 0.25) is 0 Å². The Kier molecular flexibility index (Phi) is 4.55. The first-order valence-electron chi connectivity index (χ1n) is 5.32. The summed E-state index contributed by atoms with van der Waals surface area (Å²) in [6, 6.07) is 7.86. The van der Waals surface area contributed by atoms with E-state index in [2.05, 4.69) is 20.9 Å². The molecule has 0 saturated carbocycles. The lowest BCUT2D eigenvalue weighted by atomic mass is 10.2. The minimum Gasteiger partial charge on any atom is -0.478 e. The van der Waals surface area contributed by atoms with Crippen molar-refractivity contribution in [2.24, 2.45) is 0 Å². The molecule has 1 N–H and O–H groups in total. The number of thioether (sulfide) groups is 1. The minimum atomic E-state index is -1.01. The van der Waals surface area contributed by atoms with Gasteiger partial charge in [0.05, 0.1) is 10.6 Å². The van der Waals surface area contributed by atoms with Gasteiger partial charge in [-0.3, -0.25) is 0 Å². The molecule has 0 aliphatic carbocycles. The summed E-state index contributed by atoms with van der Waals surface area (Å²) < 4.78 is 14.3. The molecule has 1 aromatic carbocycles. The van der Waals surface area contributed by atoms with Crippen LogP contribution >= 0.6 is 27.7 Å². The second-order valence-corrected chi connectivity index (χ2v) is 5.63. The molecular weight excluding hydrogens is 333 g/mol. The van der Waals surface area contributed by atoms with Gasteiger partial charge in [-0.25, -0.2) is 14.2 Å². The number of rotatable bonds is 4. The molecule has 1 aromatic heterocycles. The van der Waals surface area contributed by atoms with E-state index in [0.717, 1.165) is 4.47 Å². The predicted molar refractivity (Wildman–Crippen MR) is 74.9 cm³/mol. The summed E-state index contributed by atoms with van der Waals surface area (Å²) in [5.74, 6) is -0.843. The molecular formula is C13H9BrFNO2S. The second kappa shape index (κ2) is 6.16. The van der Waals surface area contributed by atoms with E-state index >= 15 is 0 Å². The summed E-state index contributed by atoms with van der Waals surface area (Å²) in [6.45, 7) is 0. The fourth-order valence-corrected chi connectivity index (χ4v) is 2.62. The molecule has 19 heavy (non-hydrogen) atoms. The molecule has 1 heterocycles. The van der Waals surface area contributed by atoms with Crippen molar-refractivity contribution in [1.29, 1.82) is 0 Å². The molecule has 0 amide bonds. The summed E-state index contributed by atoms with van der Waals surface area (Å²) in [7, 11) is 0. The maximum Gasteiger partial charge on any atom is 0.337 e. The van der Waals surface area contributed by atoms with Crippen LogP contribution in [0.15, 0.2) is 46.0 Å². The Balaban J connectivity index is 2.06. The lowest BCUT2D eigenvalue weighted by Gasteiger charge is -2.04. The lowest BCUT2D eigenvalue weighted by molar-refractivity contribution is 0.0696. The fraction of sp³-hybridized carbons (Fsp3) is 0.0769. The van der Waals surface area contributed by atoms with Crippen LogP contribution in [0, 0.1) is 5.82 Å². The van der Waals surface area contributed by atoms with E-state index < -0.39 is 5.97 Å². The van der Waals surface area contributed by atoms with Crippen molar-refractivity contribution < 1.29 is 14.3 Å². The number of hydrogen-bond donors (Lipinski definition) is 1. The highest BCUT2D eigenvalue weighted by Gasteiger charge is 2.06. The number of carboxylic acids is 1. The Morgan fingerprint density at radius 3 is 2.79 bits per heavy atom. The van der Waals surface area contributed by atoms with Crippen LogP contribution in [0.25, 0.3) is 0 Å². The van der Waals surface area contributed by atoms with Gasteiger partial charge in [0, 0.05) is 16.4 Å². The molecule has 0 saturated heterocycles. The number of aromatic carboxylic acids is 1. The Bertz CT molecular complexity index is 604. The molecule has 0 radical (unpaired) electrons. The van der Waals surface area contributed by atoms with Crippen LogP contribution in [0.4, 0.5) is 4.39 Å². The molecule has 98 valence electrons. The Hall–Kier alpha value is -1.40. The number of aromatic nitrogens is 1. The maximum absolute atomic E-state index is 13.5. The highest BCUT2D eigenvalue weighted by molar-refractivity contribution is 9.10. The van der Waals surface area contributed by atoms with Gasteiger partial charge in [-0.1, -0.05) is 15.9 Å². The van der Waals surface area contributed by atoms with Crippen LogP contribution < -0.4 is 0 Å². The third kappa shape index (κ3) is 3.78. The zero-order valence-corrected chi connectivity index (χ0v) is 12.0. The molecule has 0 fully saturated rings. The molecule has 2 rings (SSSR count). The first-order chi connectivity index (χ1) is 9.06. The predicted octanol–water partition coefficient (Wildman–Crippen LogP) is 3.97. The highest BCUT2D eigenvalue weighted by atomic mass is 79.9. The number of pyridine rings is 1. The van der Waals surface area contributed by atoms with Crippen LogP contribution in [0.2, 0.25) is 0 Å². The van der Waals surface area contributed by atoms with Gasteiger partial charge >= 0.3 is 5.97 Å². The zero-order chi connectivity index (χ0) is 13.8. The van der Waals surface area contributed by atoms with E-state index in [0.29, 0.717) is 16.3 Å². The average molecular weight is 342 g/mol. The normalized spacial score (nSPS) is 10.4. The van der Waals surface area contributed by atoms with Gasteiger partial charge in [-0.15, -0.1) is 11.8 Å². The first-order valence-corrected chi connectivity index (χ1v) is 7.10. The molecule has 0 unspecified atom stereocenters. The molecule has 3 nitrogen and oxygen atoms in total. The molecule has 0 aliphatic heterocycles. The molecule has 0 aliphatic rings. The summed E-state index contributed by atoms with van der Waals surface area (Å²) in [4.78, 5) is 14.7. The van der Waals surface area contributed by atoms with Gasteiger partial charge in [0.1, 0.15) is 5.82 Å². The van der Waals surface area contributed by atoms with E-state index in [-0.39, 0.29) is 11.4 Å². The third-order valence-electron chi connectivity index (χ3n) is 2.37. The molecule has 0 bridgehead atoms. The first kappa shape index (κ1) is 14.0. The average Bonchev–Trinajstić information content (AvgIpc) is 2.40. The third-order valence-corrected chi connectivity index (χ3v) is 3.85. The molecule has 2 aromatic rings. The zero-order valence-electron chi connectivity index (χ0n) is 9.64. The fourth-order valence-electron chi connectivity index (χ4n) is 1.40. The van der Waals surface area contributed by atoms with E-state index in [1.807, 2.05) is 0 Å². The lowest BCUT2D eigenvalue weighted by Crippen LogP contribution is -1.96. The summed E-state index contributed by atoms with van der Waals surface area (Å²) in [6.07, 6.45) is 1.29. The van der Waals surface area contributed by atoms with Gasteiger partial charge in [0.15, 0.2) is 0 Å². The van der Waals surface area contributed by atoms with Crippen molar-refractivity contribution >= 4 is 33.7 Å². The number of nitrogens with zero attached hydrogens (tertiary/aromatic N) is 1. The van der Waals surface area contributed by atoms with Crippen LogP contribution in [0.3, 0.4) is 0 Å². The van der Waals surface area contributed by atoms with E-state index in [1.165, 1.54) is 30.1 Å². The van der Waals surface area contributed by atoms with Crippen molar-refractivity contribution in [3.05, 3.63) is 57.9 Å². The number of hydrogen-bond acceptors (Lipinski definition) is 3. The van der Waals surface area contributed by atoms with Crippen molar-refractivity contribution in [3.63, 3.8) is 0 Å². The molecule has 0 atom stereocenters. The van der Waals surface area contributed by atoms with E-state index in [9.17, 15) is 9.18 Å². The molecule has 6 heteroatoms. The van der Waals surface area contributed by atoms with Crippen LogP contribution in [-0.2, 0) is 5.75 Å². The monoisotopic (exact) mass is 341 g/mol. The van der Waals surface area contributed by atoms with Crippen molar-refractivity contribution in [1.82, 2.24) is 4.98 Å². The van der Waals surface area contributed by atoms with Crippen LogP contribution in [0.1, 0.15) is 15.9 Å².